The Balaban J connectivity index is 1.88. The molecule has 0 unspecified atom stereocenters. The lowest BCUT2D eigenvalue weighted by Crippen LogP contribution is -2.02. The summed E-state index contributed by atoms with van der Waals surface area (Å²) >= 11 is 0. The predicted octanol–water partition coefficient (Wildman–Crippen LogP) is 0.0989. The fourth-order valence-electron chi connectivity index (χ4n) is 1.45. The van der Waals surface area contributed by atoms with Crippen LogP contribution < -0.4 is 5.32 Å². The Morgan fingerprint density at radius 2 is 2.24 bits per heavy atom. The van der Waals surface area contributed by atoms with E-state index < -0.39 is 0 Å². The number of hydrogen-bond acceptors (Lipinski definition) is 5. The summed E-state index contributed by atoms with van der Waals surface area (Å²) in [5.41, 5.74) is 1.80. The largest absolute Gasteiger partial charge is 0.394 e. The van der Waals surface area contributed by atoms with Crippen LogP contribution in [0.4, 0.5) is 5.69 Å². The summed E-state index contributed by atoms with van der Waals surface area (Å²) in [4.78, 5) is 0. The van der Waals surface area contributed by atoms with E-state index in [9.17, 15) is 0 Å². The summed E-state index contributed by atoms with van der Waals surface area (Å²) in [6.45, 7) is 4.03. The molecule has 0 radical (unpaired) electrons. The normalized spacial score (nSPS) is 10.7. The molecule has 2 heterocycles. The molecule has 0 saturated heterocycles. The highest BCUT2D eigenvalue weighted by Gasteiger charge is 2.01. The first kappa shape index (κ1) is 11.6. The van der Waals surface area contributed by atoms with Crippen molar-refractivity contribution < 1.29 is 5.11 Å². The number of aliphatic hydroxyl groups is 1. The van der Waals surface area contributed by atoms with Crippen LogP contribution in [-0.2, 0) is 19.6 Å². The summed E-state index contributed by atoms with van der Waals surface area (Å²) in [5.74, 6) is 0. The first-order valence-corrected chi connectivity index (χ1v) is 5.58. The van der Waals surface area contributed by atoms with Crippen molar-refractivity contribution in [3.05, 3.63) is 24.3 Å². The van der Waals surface area contributed by atoms with Crippen LogP contribution >= 0.6 is 0 Å². The standard InChI is InChI=1S/C10H16N6O/c1-2-15-7-9(6-12-15)11-5-10-8-16(3-4-17)14-13-10/h6-8,11,17H,2-5H2,1H3. The molecule has 2 aromatic heterocycles. The molecule has 2 aromatic rings. The number of nitrogens with zero attached hydrogens (tertiary/aromatic N) is 5. The van der Waals surface area contributed by atoms with Crippen LogP contribution in [0.25, 0.3) is 0 Å². The maximum Gasteiger partial charge on any atom is 0.102 e. The minimum atomic E-state index is 0.0689. The summed E-state index contributed by atoms with van der Waals surface area (Å²) in [6, 6.07) is 0. The molecule has 92 valence electrons. The molecule has 0 aliphatic heterocycles. The molecule has 7 heteroatoms. The Morgan fingerprint density at radius 3 is 2.94 bits per heavy atom. The van der Waals surface area contributed by atoms with Gasteiger partial charge >= 0.3 is 0 Å². The molecular formula is C10H16N6O. The zero-order valence-electron chi connectivity index (χ0n) is 9.74. The van der Waals surface area contributed by atoms with E-state index in [0.29, 0.717) is 13.1 Å². The SMILES string of the molecule is CCn1cc(NCc2cn(CCO)nn2)cn1. The highest BCUT2D eigenvalue weighted by Crippen LogP contribution is 2.06. The van der Waals surface area contributed by atoms with Gasteiger partial charge in [-0.2, -0.15) is 5.10 Å². The van der Waals surface area contributed by atoms with Crippen molar-refractivity contribution in [2.45, 2.75) is 26.6 Å². The van der Waals surface area contributed by atoms with E-state index in [-0.39, 0.29) is 6.61 Å². The second-order valence-corrected chi connectivity index (χ2v) is 3.63. The third-order valence-electron chi connectivity index (χ3n) is 2.35. The molecule has 17 heavy (non-hydrogen) atoms. The highest BCUT2D eigenvalue weighted by atomic mass is 16.3. The van der Waals surface area contributed by atoms with E-state index >= 15 is 0 Å². The van der Waals surface area contributed by atoms with E-state index in [0.717, 1.165) is 17.9 Å². The van der Waals surface area contributed by atoms with Crippen LogP contribution in [0.1, 0.15) is 12.6 Å². The van der Waals surface area contributed by atoms with Gasteiger partial charge in [0, 0.05) is 12.7 Å². The van der Waals surface area contributed by atoms with Crippen LogP contribution in [0, 0.1) is 0 Å². The molecule has 0 fully saturated rings. The third-order valence-corrected chi connectivity index (χ3v) is 2.35. The van der Waals surface area contributed by atoms with Crippen LogP contribution in [-0.4, -0.2) is 36.5 Å². The fraction of sp³-hybridized carbons (Fsp3) is 0.500. The van der Waals surface area contributed by atoms with Crippen molar-refractivity contribution in [2.75, 3.05) is 11.9 Å². The summed E-state index contributed by atoms with van der Waals surface area (Å²) in [5, 5.41) is 24.0. The molecule has 2 N–H and O–H groups in total. The van der Waals surface area contributed by atoms with Gasteiger partial charge in [-0.15, -0.1) is 5.10 Å². The average Bonchev–Trinajstić information content (AvgIpc) is 2.95. The number of aryl methyl sites for hydroxylation is 1. The van der Waals surface area contributed by atoms with Gasteiger partial charge in [-0.05, 0) is 6.92 Å². The maximum absolute atomic E-state index is 8.75. The Bertz CT molecular complexity index is 463. The Morgan fingerprint density at radius 1 is 1.35 bits per heavy atom. The van der Waals surface area contributed by atoms with Crippen LogP contribution in [0.2, 0.25) is 0 Å². The van der Waals surface area contributed by atoms with Gasteiger partial charge in [0.2, 0.25) is 0 Å². The Hall–Kier alpha value is -1.89. The van der Waals surface area contributed by atoms with Gasteiger partial charge in [0.25, 0.3) is 0 Å². The molecule has 0 spiro atoms. The number of aliphatic hydroxyl groups excluding tert-OH is 1. The molecule has 0 aromatic carbocycles. The van der Waals surface area contributed by atoms with Gasteiger partial charge in [0.05, 0.1) is 37.8 Å². The van der Waals surface area contributed by atoms with E-state index in [1.807, 2.05) is 24.0 Å². The van der Waals surface area contributed by atoms with Crippen LogP contribution in [0.15, 0.2) is 18.6 Å². The first-order chi connectivity index (χ1) is 8.31. The lowest BCUT2D eigenvalue weighted by atomic mass is 10.4. The van der Waals surface area contributed by atoms with Crippen molar-refractivity contribution in [3.63, 3.8) is 0 Å². The number of nitrogens with one attached hydrogen (secondary N) is 1. The quantitative estimate of drug-likeness (QED) is 0.743. The molecule has 0 amide bonds. The van der Waals surface area contributed by atoms with E-state index in [4.69, 9.17) is 5.11 Å². The van der Waals surface area contributed by atoms with Gasteiger partial charge in [-0.1, -0.05) is 5.21 Å². The molecule has 7 nitrogen and oxygen atoms in total. The van der Waals surface area contributed by atoms with Crippen molar-refractivity contribution in [1.29, 1.82) is 0 Å². The zero-order chi connectivity index (χ0) is 12.1. The Kier molecular flexibility index (Phi) is 3.71. The van der Waals surface area contributed by atoms with Gasteiger partial charge in [-0.3, -0.25) is 4.68 Å². The average molecular weight is 236 g/mol. The summed E-state index contributed by atoms with van der Waals surface area (Å²) < 4.78 is 3.47. The summed E-state index contributed by atoms with van der Waals surface area (Å²) in [6.07, 6.45) is 5.53. The summed E-state index contributed by atoms with van der Waals surface area (Å²) in [7, 11) is 0. The second kappa shape index (κ2) is 5.44. The van der Waals surface area contributed by atoms with Crippen molar-refractivity contribution in [1.82, 2.24) is 24.8 Å². The number of aromatic nitrogens is 5. The van der Waals surface area contributed by atoms with Crippen molar-refractivity contribution in [3.8, 4) is 0 Å². The molecule has 0 saturated carbocycles. The van der Waals surface area contributed by atoms with Gasteiger partial charge < -0.3 is 10.4 Å². The van der Waals surface area contributed by atoms with Crippen molar-refractivity contribution >= 4 is 5.69 Å². The molecule has 2 rings (SSSR count). The Labute approximate surface area is 99.1 Å². The minimum absolute atomic E-state index is 0.0689. The number of anilines is 1. The van der Waals surface area contributed by atoms with Gasteiger partial charge in [0.15, 0.2) is 0 Å². The maximum atomic E-state index is 8.75. The topological polar surface area (TPSA) is 80.8 Å². The second-order valence-electron chi connectivity index (χ2n) is 3.63. The monoisotopic (exact) mass is 236 g/mol. The highest BCUT2D eigenvalue weighted by molar-refractivity contribution is 5.38. The lowest BCUT2D eigenvalue weighted by molar-refractivity contribution is 0.268. The predicted molar refractivity (Wildman–Crippen MR) is 62.3 cm³/mol. The number of hydrogen-bond donors (Lipinski definition) is 2. The van der Waals surface area contributed by atoms with E-state index in [2.05, 4.69) is 20.7 Å². The first-order valence-electron chi connectivity index (χ1n) is 5.58. The van der Waals surface area contributed by atoms with Crippen LogP contribution in [0.3, 0.4) is 0 Å². The molecule has 0 aliphatic rings. The minimum Gasteiger partial charge on any atom is -0.394 e. The molecule has 0 aliphatic carbocycles. The third kappa shape index (κ3) is 3.04. The molecular weight excluding hydrogens is 220 g/mol. The van der Waals surface area contributed by atoms with Crippen LogP contribution in [0.5, 0.6) is 0 Å². The fourth-order valence-corrected chi connectivity index (χ4v) is 1.45. The van der Waals surface area contributed by atoms with Gasteiger partial charge in [0.1, 0.15) is 5.69 Å². The number of rotatable bonds is 6. The molecule has 0 atom stereocenters. The zero-order valence-corrected chi connectivity index (χ0v) is 9.74. The van der Waals surface area contributed by atoms with E-state index in [1.54, 1.807) is 10.9 Å². The molecule has 0 bridgehead atoms. The van der Waals surface area contributed by atoms with E-state index in [1.165, 1.54) is 0 Å². The van der Waals surface area contributed by atoms with Crippen molar-refractivity contribution in [2.24, 2.45) is 0 Å². The van der Waals surface area contributed by atoms with Gasteiger partial charge in [-0.25, -0.2) is 4.68 Å². The lowest BCUT2D eigenvalue weighted by Gasteiger charge is -1.98. The smallest absolute Gasteiger partial charge is 0.102 e.